The van der Waals surface area contributed by atoms with E-state index in [1.54, 1.807) is 30.3 Å². The Bertz CT molecular complexity index is 777. The van der Waals surface area contributed by atoms with Crippen LogP contribution in [-0.4, -0.2) is 29.8 Å². The van der Waals surface area contributed by atoms with Crippen molar-refractivity contribution in [2.24, 2.45) is 0 Å². The molecule has 1 aliphatic rings. The molecule has 1 heterocycles. The molecule has 0 spiro atoms. The molecule has 0 bridgehead atoms. The van der Waals surface area contributed by atoms with Gasteiger partial charge in [-0.3, -0.25) is 25.1 Å². The maximum absolute atomic E-state index is 12.9. The summed E-state index contributed by atoms with van der Waals surface area (Å²) in [5.41, 5.74) is -0.226. The second-order valence-corrected chi connectivity index (χ2v) is 5.58. The van der Waals surface area contributed by atoms with Crippen molar-refractivity contribution in [2.75, 3.05) is 7.05 Å². The Morgan fingerprint density at radius 2 is 1.54 bits per heavy atom. The predicted octanol–water partition coefficient (Wildman–Crippen LogP) is 1.38. The first kappa shape index (κ1) is 15.9. The zero-order valence-corrected chi connectivity index (χ0v) is 13.2. The Balaban J connectivity index is 2.03. The smallest absolute Gasteiger partial charge is 0.288 e. The first-order valence-corrected chi connectivity index (χ1v) is 7.54. The highest BCUT2D eigenvalue weighted by Gasteiger charge is 2.54. The van der Waals surface area contributed by atoms with E-state index in [2.05, 4.69) is 10.6 Å². The third-order valence-electron chi connectivity index (χ3n) is 4.10. The van der Waals surface area contributed by atoms with Gasteiger partial charge in [0, 0.05) is 13.6 Å². The molecule has 122 valence electrons. The lowest BCUT2D eigenvalue weighted by Gasteiger charge is -2.38. The van der Waals surface area contributed by atoms with Crippen molar-refractivity contribution < 1.29 is 14.4 Å². The van der Waals surface area contributed by atoms with Gasteiger partial charge in [-0.1, -0.05) is 60.7 Å². The van der Waals surface area contributed by atoms with Crippen LogP contribution in [0.2, 0.25) is 0 Å². The van der Waals surface area contributed by atoms with E-state index < -0.39 is 23.4 Å². The maximum atomic E-state index is 12.9. The van der Waals surface area contributed by atoms with Crippen molar-refractivity contribution in [2.45, 2.75) is 12.1 Å². The fourth-order valence-electron chi connectivity index (χ4n) is 2.75. The number of hydrogen-bond acceptors (Lipinski definition) is 4. The van der Waals surface area contributed by atoms with E-state index in [0.29, 0.717) is 12.1 Å². The van der Waals surface area contributed by atoms with E-state index in [-0.39, 0.29) is 0 Å². The Labute approximate surface area is 139 Å². The van der Waals surface area contributed by atoms with E-state index >= 15 is 0 Å². The third kappa shape index (κ3) is 2.57. The second kappa shape index (κ2) is 6.25. The number of hydrogen-bond donors (Lipinski definition) is 2. The minimum atomic E-state index is -1.64. The van der Waals surface area contributed by atoms with Gasteiger partial charge in [0.15, 0.2) is 0 Å². The van der Waals surface area contributed by atoms with Gasteiger partial charge in [0.25, 0.3) is 11.8 Å². The number of carbonyl (C=O) groups is 3. The summed E-state index contributed by atoms with van der Waals surface area (Å²) < 4.78 is 0. The Hall–Kier alpha value is -2.99. The molecule has 2 aromatic carbocycles. The second-order valence-electron chi connectivity index (χ2n) is 5.58. The molecule has 6 heteroatoms. The van der Waals surface area contributed by atoms with E-state index in [4.69, 9.17) is 0 Å². The highest BCUT2D eigenvalue weighted by Crippen LogP contribution is 2.27. The lowest BCUT2D eigenvalue weighted by Crippen LogP contribution is -2.70. The fourth-order valence-corrected chi connectivity index (χ4v) is 2.75. The van der Waals surface area contributed by atoms with Gasteiger partial charge < -0.3 is 0 Å². The first-order valence-electron chi connectivity index (χ1n) is 7.54. The molecule has 1 saturated heterocycles. The molecule has 0 aromatic heterocycles. The maximum Gasteiger partial charge on any atom is 0.330 e. The van der Waals surface area contributed by atoms with E-state index in [1.807, 2.05) is 30.3 Å². The van der Waals surface area contributed by atoms with Crippen LogP contribution < -0.4 is 10.6 Å². The molecule has 2 aromatic rings. The van der Waals surface area contributed by atoms with Crippen molar-refractivity contribution in [1.29, 1.82) is 0 Å². The fraction of sp³-hybridized carbons (Fsp3) is 0.167. The normalized spacial score (nSPS) is 20.9. The van der Waals surface area contributed by atoms with Crippen molar-refractivity contribution >= 4 is 17.8 Å². The van der Waals surface area contributed by atoms with Gasteiger partial charge in [0.05, 0.1) is 0 Å². The highest BCUT2D eigenvalue weighted by atomic mass is 16.2. The summed E-state index contributed by atoms with van der Waals surface area (Å²) in [6.45, 7) is 0.303. The van der Waals surface area contributed by atoms with Gasteiger partial charge in [0.2, 0.25) is 5.54 Å². The van der Waals surface area contributed by atoms with Gasteiger partial charge in [-0.25, -0.2) is 4.79 Å². The summed E-state index contributed by atoms with van der Waals surface area (Å²) >= 11 is 0. The molecule has 0 aliphatic carbocycles. The summed E-state index contributed by atoms with van der Waals surface area (Å²) in [5, 5.41) is 5.31. The highest BCUT2D eigenvalue weighted by molar-refractivity contribution is 6.22. The average molecular weight is 323 g/mol. The molecule has 3 rings (SSSR count). The van der Waals surface area contributed by atoms with Crippen LogP contribution in [0.5, 0.6) is 0 Å². The van der Waals surface area contributed by atoms with Gasteiger partial charge in [0.1, 0.15) is 0 Å². The third-order valence-corrected chi connectivity index (χ3v) is 4.10. The summed E-state index contributed by atoms with van der Waals surface area (Å²) in [4.78, 5) is 38.2. The van der Waals surface area contributed by atoms with E-state index in [9.17, 15) is 14.4 Å². The molecule has 6 nitrogen and oxygen atoms in total. The standard InChI is InChI=1S/C18H17N3O3/c1-21-16(23)18(15(22)20-17(21)24,14-10-6-3-7-11-14)19-12-13-8-4-2-5-9-13/h2-11,19H,12H2,1H3,(H,20,22,24). The molecule has 4 amide bonds. The lowest BCUT2D eigenvalue weighted by atomic mass is 9.85. The molecule has 2 N–H and O–H groups in total. The largest absolute Gasteiger partial charge is 0.330 e. The number of benzene rings is 2. The van der Waals surface area contributed by atoms with Crippen molar-refractivity contribution in [1.82, 2.24) is 15.5 Å². The number of nitrogens with zero attached hydrogens (tertiary/aromatic N) is 1. The predicted molar refractivity (Wildman–Crippen MR) is 87.7 cm³/mol. The minimum Gasteiger partial charge on any atom is -0.288 e. The lowest BCUT2D eigenvalue weighted by molar-refractivity contribution is -0.146. The van der Waals surface area contributed by atoms with Crippen LogP contribution >= 0.6 is 0 Å². The number of rotatable bonds is 4. The molecule has 0 radical (unpaired) electrons. The van der Waals surface area contributed by atoms with E-state index in [1.165, 1.54) is 7.05 Å². The minimum absolute atomic E-state index is 0.303. The number of carbonyl (C=O) groups excluding carboxylic acids is 3. The SMILES string of the molecule is CN1C(=O)NC(=O)C(NCc2ccccc2)(c2ccccc2)C1=O. The van der Waals surface area contributed by atoms with Gasteiger partial charge >= 0.3 is 6.03 Å². The van der Waals surface area contributed by atoms with Crippen LogP contribution in [0.15, 0.2) is 60.7 Å². The van der Waals surface area contributed by atoms with Crippen LogP contribution in [-0.2, 0) is 21.7 Å². The molecule has 1 atom stereocenters. The van der Waals surface area contributed by atoms with Gasteiger partial charge in [-0.05, 0) is 11.1 Å². The zero-order chi connectivity index (χ0) is 17.2. The molecular formula is C18H17N3O3. The summed E-state index contributed by atoms with van der Waals surface area (Å²) in [6, 6.07) is 17.4. The van der Waals surface area contributed by atoms with Gasteiger partial charge in [-0.15, -0.1) is 0 Å². The Kier molecular flexibility index (Phi) is 4.14. The summed E-state index contributed by atoms with van der Waals surface area (Å²) in [5.74, 6) is -1.27. The molecule has 24 heavy (non-hydrogen) atoms. The van der Waals surface area contributed by atoms with Crippen molar-refractivity contribution in [3.05, 3.63) is 71.8 Å². The van der Waals surface area contributed by atoms with Crippen LogP contribution in [0, 0.1) is 0 Å². The number of nitrogens with one attached hydrogen (secondary N) is 2. The first-order chi connectivity index (χ1) is 11.6. The van der Waals surface area contributed by atoms with E-state index in [0.717, 1.165) is 10.5 Å². The quantitative estimate of drug-likeness (QED) is 0.833. The number of urea groups is 1. The zero-order valence-electron chi connectivity index (χ0n) is 13.2. The number of amides is 4. The Morgan fingerprint density at radius 3 is 2.17 bits per heavy atom. The topological polar surface area (TPSA) is 78.5 Å². The monoisotopic (exact) mass is 323 g/mol. The number of imide groups is 2. The molecular weight excluding hydrogens is 306 g/mol. The van der Waals surface area contributed by atoms with Crippen LogP contribution in [0.3, 0.4) is 0 Å². The van der Waals surface area contributed by atoms with Crippen molar-refractivity contribution in [3.63, 3.8) is 0 Å². The molecule has 1 aliphatic heterocycles. The number of barbiturate groups is 1. The van der Waals surface area contributed by atoms with Crippen LogP contribution in [0.4, 0.5) is 4.79 Å². The summed E-state index contributed by atoms with van der Waals surface area (Å²) in [7, 11) is 1.35. The van der Waals surface area contributed by atoms with Crippen LogP contribution in [0.1, 0.15) is 11.1 Å². The van der Waals surface area contributed by atoms with Gasteiger partial charge in [-0.2, -0.15) is 0 Å². The molecule has 0 saturated carbocycles. The summed E-state index contributed by atoms with van der Waals surface area (Å²) in [6.07, 6.45) is 0. The molecule has 1 unspecified atom stereocenters. The van der Waals surface area contributed by atoms with Crippen LogP contribution in [0.25, 0.3) is 0 Å². The Morgan fingerprint density at radius 1 is 0.958 bits per heavy atom. The van der Waals surface area contributed by atoms with Crippen molar-refractivity contribution in [3.8, 4) is 0 Å². The number of likely N-dealkylation sites (N-methyl/N-ethyl adjacent to an activating group) is 1. The average Bonchev–Trinajstić information content (AvgIpc) is 2.62. The molecule has 1 fully saturated rings.